The molecule has 0 unspecified atom stereocenters. The Balaban J connectivity index is 1.85. The van der Waals surface area contributed by atoms with Gasteiger partial charge >= 0.3 is 0 Å². The van der Waals surface area contributed by atoms with E-state index in [-0.39, 0.29) is 11.6 Å². The average Bonchev–Trinajstić information content (AvgIpc) is 2.54. The van der Waals surface area contributed by atoms with E-state index in [0.29, 0.717) is 25.5 Å². The number of ether oxygens (including phenoxy) is 1. The van der Waals surface area contributed by atoms with E-state index in [1.807, 2.05) is 12.1 Å². The Hall–Kier alpha value is -2.54. The molecule has 0 spiro atoms. The molecule has 0 atom stereocenters. The number of nitrogens with zero attached hydrogens (tertiary/aromatic N) is 3. The molecule has 2 N–H and O–H groups in total. The van der Waals surface area contributed by atoms with Crippen molar-refractivity contribution in [3.63, 3.8) is 0 Å². The van der Waals surface area contributed by atoms with E-state index in [1.54, 1.807) is 19.5 Å². The van der Waals surface area contributed by atoms with Crippen LogP contribution in [0, 0.1) is 0 Å². The van der Waals surface area contributed by atoms with E-state index >= 15 is 0 Å². The summed E-state index contributed by atoms with van der Waals surface area (Å²) in [6, 6.07) is 3.68. The van der Waals surface area contributed by atoms with Crippen LogP contribution in [0.1, 0.15) is 16.1 Å². The summed E-state index contributed by atoms with van der Waals surface area (Å²) >= 11 is 0. The molecule has 0 aliphatic rings. The Kier molecular flexibility index (Phi) is 5.60. The Labute approximate surface area is 122 Å². The second kappa shape index (κ2) is 7.91. The first kappa shape index (κ1) is 14.9. The van der Waals surface area contributed by atoms with Crippen molar-refractivity contribution in [1.29, 1.82) is 0 Å². The molecule has 0 aliphatic carbocycles. The minimum atomic E-state index is -0.261. The van der Waals surface area contributed by atoms with Gasteiger partial charge in [-0.3, -0.25) is 9.78 Å². The van der Waals surface area contributed by atoms with E-state index in [1.165, 1.54) is 12.4 Å². The van der Waals surface area contributed by atoms with Crippen LogP contribution in [0.25, 0.3) is 0 Å². The number of rotatable bonds is 7. The summed E-state index contributed by atoms with van der Waals surface area (Å²) in [6.45, 7) is 1.64. The van der Waals surface area contributed by atoms with Gasteiger partial charge in [-0.1, -0.05) is 0 Å². The van der Waals surface area contributed by atoms with Crippen LogP contribution in [-0.2, 0) is 11.3 Å². The maximum Gasteiger partial charge on any atom is 0.271 e. The summed E-state index contributed by atoms with van der Waals surface area (Å²) in [7, 11) is 1.63. The number of hydrogen-bond acceptors (Lipinski definition) is 6. The summed E-state index contributed by atoms with van der Waals surface area (Å²) in [5.74, 6) is 0.348. The number of pyridine rings is 1. The van der Waals surface area contributed by atoms with Crippen molar-refractivity contribution < 1.29 is 9.53 Å². The van der Waals surface area contributed by atoms with Crippen LogP contribution in [0.4, 0.5) is 5.82 Å². The zero-order valence-electron chi connectivity index (χ0n) is 11.7. The third kappa shape index (κ3) is 4.81. The molecule has 2 aromatic heterocycles. The SMILES string of the molecule is COCCNc1cnc(C(=O)NCc2ccncc2)cn1. The molecule has 0 aliphatic heterocycles. The van der Waals surface area contributed by atoms with Crippen molar-refractivity contribution in [3.05, 3.63) is 48.2 Å². The lowest BCUT2D eigenvalue weighted by Gasteiger charge is -2.06. The lowest BCUT2D eigenvalue weighted by Crippen LogP contribution is -2.24. The van der Waals surface area contributed by atoms with Gasteiger partial charge in [0.25, 0.3) is 5.91 Å². The van der Waals surface area contributed by atoms with E-state index in [4.69, 9.17) is 4.74 Å². The predicted octanol–water partition coefficient (Wildman–Crippen LogP) is 0.860. The number of carbonyl (C=O) groups excluding carboxylic acids is 1. The van der Waals surface area contributed by atoms with Crippen LogP contribution in [0.5, 0.6) is 0 Å². The number of hydrogen-bond donors (Lipinski definition) is 2. The molecule has 0 aromatic carbocycles. The first-order chi connectivity index (χ1) is 10.3. The van der Waals surface area contributed by atoms with Crippen molar-refractivity contribution >= 4 is 11.7 Å². The van der Waals surface area contributed by atoms with E-state index in [0.717, 1.165) is 5.56 Å². The van der Waals surface area contributed by atoms with Gasteiger partial charge in [-0.15, -0.1) is 0 Å². The Bertz CT molecular complexity index is 559. The molecule has 110 valence electrons. The van der Waals surface area contributed by atoms with Crippen molar-refractivity contribution in [2.24, 2.45) is 0 Å². The zero-order valence-corrected chi connectivity index (χ0v) is 11.7. The normalized spacial score (nSPS) is 10.1. The molecule has 7 heteroatoms. The van der Waals surface area contributed by atoms with E-state index in [9.17, 15) is 4.79 Å². The van der Waals surface area contributed by atoms with Crippen molar-refractivity contribution in [2.75, 3.05) is 25.6 Å². The number of amides is 1. The van der Waals surface area contributed by atoms with Crippen LogP contribution < -0.4 is 10.6 Å². The second-order valence-corrected chi connectivity index (χ2v) is 4.24. The quantitative estimate of drug-likeness (QED) is 0.734. The second-order valence-electron chi connectivity index (χ2n) is 4.24. The Morgan fingerprint density at radius 3 is 2.71 bits per heavy atom. The van der Waals surface area contributed by atoms with Gasteiger partial charge in [0, 0.05) is 32.6 Å². The maximum atomic E-state index is 11.9. The molecule has 0 fully saturated rings. The zero-order chi connectivity index (χ0) is 14.9. The number of nitrogens with one attached hydrogen (secondary N) is 2. The summed E-state index contributed by atoms with van der Waals surface area (Å²) < 4.78 is 4.92. The Morgan fingerprint density at radius 1 is 1.24 bits per heavy atom. The first-order valence-corrected chi connectivity index (χ1v) is 6.51. The van der Waals surface area contributed by atoms with E-state index < -0.39 is 0 Å². The minimum absolute atomic E-state index is 0.261. The third-order valence-electron chi connectivity index (χ3n) is 2.70. The summed E-state index contributed by atoms with van der Waals surface area (Å²) in [5.41, 5.74) is 1.26. The molecule has 0 saturated heterocycles. The van der Waals surface area contributed by atoms with Gasteiger partial charge in [-0.2, -0.15) is 0 Å². The number of carbonyl (C=O) groups is 1. The highest BCUT2D eigenvalue weighted by Crippen LogP contribution is 2.01. The largest absolute Gasteiger partial charge is 0.383 e. The van der Waals surface area contributed by atoms with Gasteiger partial charge in [-0.05, 0) is 17.7 Å². The molecule has 0 radical (unpaired) electrons. The van der Waals surface area contributed by atoms with Gasteiger partial charge in [0.1, 0.15) is 11.5 Å². The van der Waals surface area contributed by atoms with Gasteiger partial charge < -0.3 is 15.4 Å². The van der Waals surface area contributed by atoms with Crippen LogP contribution >= 0.6 is 0 Å². The molecule has 2 aromatic rings. The minimum Gasteiger partial charge on any atom is -0.383 e. The van der Waals surface area contributed by atoms with Crippen LogP contribution in [0.3, 0.4) is 0 Å². The van der Waals surface area contributed by atoms with Crippen LogP contribution in [-0.4, -0.2) is 41.1 Å². The monoisotopic (exact) mass is 287 g/mol. The molecule has 2 rings (SSSR count). The van der Waals surface area contributed by atoms with Crippen molar-refractivity contribution in [2.45, 2.75) is 6.54 Å². The molecule has 1 amide bonds. The predicted molar refractivity (Wildman–Crippen MR) is 77.8 cm³/mol. The molecule has 0 saturated carbocycles. The molecular weight excluding hydrogens is 270 g/mol. The lowest BCUT2D eigenvalue weighted by molar-refractivity contribution is 0.0945. The fourth-order valence-corrected chi connectivity index (χ4v) is 1.59. The lowest BCUT2D eigenvalue weighted by atomic mass is 10.2. The Morgan fingerprint density at radius 2 is 2.05 bits per heavy atom. The molecule has 21 heavy (non-hydrogen) atoms. The first-order valence-electron chi connectivity index (χ1n) is 6.51. The molecular formula is C14H17N5O2. The fourth-order valence-electron chi connectivity index (χ4n) is 1.59. The standard InChI is InChI=1S/C14H17N5O2/c1-21-7-6-16-13-10-17-12(9-18-13)14(20)19-8-11-2-4-15-5-3-11/h2-5,9-10H,6-8H2,1H3,(H,16,18)(H,19,20). The van der Waals surface area contributed by atoms with Gasteiger partial charge in [0.15, 0.2) is 0 Å². The van der Waals surface area contributed by atoms with Gasteiger partial charge in [0.05, 0.1) is 19.0 Å². The summed E-state index contributed by atoms with van der Waals surface area (Å²) in [4.78, 5) is 24.0. The fraction of sp³-hybridized carbons (Fsp3) is 0.286. The smallest absolute Gasteiger partial charge is 0.271 e. The summed E-state index contributed by atoms with van der Waals surface area (Å²) in [5, 5.41) is 5.81. The molecule has 2 heterocycles. The molecule has 0 bridgehead atoms. The maximum absolute atomic E-state index is 11.9. The van der Waals surface area contributed by atoms with E-state index in [2.05, 4.69) is 25.6 Å². The number of methoxy groups -OCH3 is 1. The van der Waals surface area contributed by atoms with Crippen molar-refractivity contribution in [3.8, 4) is 0 Å². The van der Waals surface area contributed by atoms with Gasteiger partial charge in [0.2, 0.25) is 0 Å². The topological polar surface area (TPSA) is 89.0 Å². The highest BCUT2D eigenvalue weighted by molar-refractivity contribution is 5.91. The average molecular weight is 287 g/mol. The molecule has 7 nitrogen and oxygen atoms in total. The number of anilines is 1. The van der Waals surface area contributed by atoms with Crippen LogP contribution in [0.2, 0.25) is 0 Å². The van der Waals surface area contributed by atoms with Crippen LogP contribution in [0.15, 0.2) is 36.9 Å². The highest BCUT2D eigenvalue weighted by atomic mass is 16.5. The highest BCUT2D eigenvalue weighted by Gasteiger charge is 2.07. The summed E-state index contributed by atoms with van der Waals surface area (Å²) in [6.07, 6.45) is 6.33. The van der Waals surface area contributed by atoms with Gasteiger partial charge in [-0.25, -0.2) is 9.97 Å². The number of aromatic nitrogens is 3. The van der Waals surface area contributed by atoms with Crippen molar-refractivity contribution in [1.82, 2.24) is 20.3 Å². The third-order valence-corrected chi connectivity index (χ3v) is 2.70.